The Kier molecular flexibility index (Phi) is 20.9. The maximum atomic E-state index is 5.08. The third-order valence-electron chi connectivity index (χ3n) is 27.8. The predicted octanol–water partition coefficient (Wildman–Crippen LogP) is 24.6. The summed E-state index contributed by atoms with van der Waals surface area (Å²) in [5.41, 5.74) is 58.5. The van der Waals surface area contributed by atoms with E-state index in [9.17, 15) is 0 Å². The third kappa shape index (κ3) is 13.5. The Labute approximate surface area is 662 Å². The number of aromatic nitrogens is 8. The van der Waals surface area contributed by atoms with Gasteiger partial charge in [-0.25, -0.2) is 39.9 Å². The summed E-state index contributed by atoms with van der Waals surface area (Å²) in [5, 5.41) is 8.82. The van der Waals surface area contributed by atoms with Crippen molar-refractivity contribution in [3.8, 4) is 0 Å². The zero-order valence-electron chi connectivity index (χ0n) is 75.2. The summed E-state index contributed by atoms with van der Waals surface area (Å²) in [6.07, 6.45) is 7.54. The maximum Gasteiger partial charge on any atom is 0.134 e. The molecule has 8 nitrogen and oxygen atoms in total. The van der Waals surface area contributed by atoms with Gasteiger partial charge in [0.15, 0.2) is 0 Å². The van der Waals surface area contributed by atoms with Crippen molar-refractivity contribution in [3.63, 3.8) is 0 Å². The number of nitrogens with zero attached hydrogens (tertiary/aromatic N) is 8. The second kappa shape index (κ2) is 28.4. The van der Waals surface area contributed by atoms with Gasteiger partial charge in [-0.15, -0.1) is 0 Å². The Balaban J connectivity index is 0.000000137. The highest BCUT2D eigenvalue weighted by molar-refractivity contribution is 6.00. The van der Waals surface area contributed by atoms with E-state index in [1.807, 2.05) is 0 Å². The normalized spacial score (nSPS) is 13.6. The van der Waals surface area contributed by atoms with Crippen LogP contribution in [0.25, 0.3) is 32.3 Å². The zero-order valence-corrected chi connectivity index (χ0v) is 75.2. The molecule has 578 valence electrons. The van der Waals surface area contributed by atoms with Gasteiger partial charge in [0.05, 0.1) is 22.8 Å². The van der Waals surface area contributed by atoms with E-state index in [-0.39, 0.29) is 21.7 Å². The molecule has 11 aromatic rings. The topological polar surface area (TPSA) is 103 Å². The first-order chi connectivity index (χ1) is 50.9. The summed E-state index contributed by atoms with van der Waals surface area (Å²) in [6, 6.07) is 0. The Bertz CT molecular complexity index is 5720. The molecule has 0 fully saturated rings. The molecule has 4 aliphatic carbocycles. The summed E-state index contributed by atoms with van der Waals surface area (Å²) in [6.45, 7) is 85.3. The molecule has 0 bridgehead atoms. The highest BCUT2D eigenvalue weighted by atomic mass is 14.9. The molecular weight excluding hydrogens is 1340 g/mol. The monoisotopic (exact) mass is 1470 g/mol. The molecule has 0 aliphatic heterocycles. The van der Waals surface area contributed by atoms with Crippen LogP contribution in [0.4, 0.5) is 0 Å². The van der Waals surface area contributed by atoms with Crippen molar-refractivity contribution in [2.45, 2.75) is 336 Å². The number of aryl methyl sites for hydroxylation is 14. The van der Waals surface area contributed by atoms with Crippen molar-refractivity contribution in [1.29, 1.82) is 0 Å². The van der Waals surface area contributed by atoms with Gasteiger partial charge in [-0.05, 0) is 401 Å². The van der Waals surface area contributed by atoms with E-state index in [4.69, 9.17) is 39.9 Å². The second-order valence-corrected chi connectivity index (χ2v) is 38.5. The van der Waals surface area contributed by atoms with Crippen molar-refractivity contribution in [3.05, 3.63) is 258 Å². The van der Waals surface area contributed by atoms with Gasteiger partial charge in [0, 0.05) is 95.8 Å². The van der Waals surface area contributed by atoms with Crippen molar-refractivity contribution in [2.75, 3.05) is 0 Å². The molecule has 110 heavy (non-hydrogen) atoms. The first-order valence-corrected chi connectivity index (χ1v) is 41.0. The van der Waals surface area contributed by atoms with Crippen LogP contribution in [0.3, 0.4) is 0 Å². The Morgan fingerprint density at radius 1 is 0.145 bits per heavy atom. The van der Waals surface area contributed by atoms with Crippen LogP contribution in [-0.2, 0) is 73.0 Å². The lowest BCUT2D eigenvalue weighted by atomic mass is 9.77. The Hall–Kier alpha value is -8.36. The van der Waals surface area contributed by atoms with Gasteiger partial charge < -0.3 is 0 Å². The van der Waals surface area contributed by atoms with Crippen LogP contribution < -0.4 is 0 Å². The van der Waals surface area contributed by atoms with Gasteiger partial charge in [-0.2, -0.15) is 0 Å². The van der Waals surface area contributed by atoms with Crippen molar-refractivity contribution in [2.24, 2.45) is 0 Å². The highest BCUT2D eigenvalue weighted by Gasteiger charge is 2.35. The van der Waals surface area contributed by atoms with Crippen LogP contribution in [0.2, 0.25) is 0 Å². The molecule has 4 aliphatic rings. The molecule has 0 N–H and O–H groups in total. The van der Waals surface area contributed by atoms with Crippen LogP contribution in [0.1, 0.15) is 341 Å². The standard InChI is InChI=1S/3C27H34N2.C21H28N2/c1-13-14(2)17(5)25-22-11-21-19(7)28-26(27(8,9)10)29-23(21)12-20(22)15(3)18(6)24(25)16(13)4;1-13-14(2)17(5)25-22-12-23-21(19(7)28-26(29-23)27(8,9)10)11-20(22)15(3)18(6)24(25)16(13)4;1-13-14(2)16(4)25-18(6)21-12-23-22(11-20(21)17(5)24(25)15(13)3)19(7)28-26(29-23)27(8,9)10;1-11-12(2)14(4)17-10-19-18(9-16(17)13(11)3)15(5)22-20(23-19)21(6,7)8/h3*11-12H2,1-10H3;9-10H2,1-8H3. The fourth-order valence-corrected chi connectivity index (χ4v) is 19.0. The van der Waals surface area contributed by atoms with E-state index >= 15 is 0 Å². The fraction of sp³-hybridized carbons (Fsp3) is 0.490. The van der Waals surface area contributed by atoms with E-state index < -0.39 is 0 Å². The van der Waals surface area contributed by atoms with E-state index in [0.29, 0.717) is 0 Å². The number of hydrogen-bond donors (Lipinski definition) is 0. The SMILES string of the molecule is Cc1nc(C(C)(C)C)nc2c1Cc1c(C)c(C)c(C)c(C)c1C2.Cc1nc(C(C)(C)C)nc2c1Cc1c(C)c(C)c3c(C)c(C)c(C)c(C)c3c1C2.Cc1nc(C(C)(C)C)nc2c1Cc1c(c(C)c(C)c3c(C)c(C)c(C)c(C)c13)C2.Cc1nc(C(C)(C)C)nc2c1Cc1c(c(C)c3c(C)c(C)c(C)c(C)c3c1C)C2. The van der Waals surface area contributed by atoms with E-state index in [0.717, 1.165) is 97.4 Å². The molecule has 0 saturated heterocycles. The van der Waals surface area contributed by atoms with Crippen LogP contribution in [0.15, 0.2) is 0 Å². The Morgan fingerprint density at radius 3 is 0.564 bits per heavy atom. The molecule has 7 aromatic carbocycles. The van der Waals surface area contributed by atoms with Gasteiger partial charge in [0.25, 0.3) is 0 Å². The molecule has 0 spiro atoms. The summed E-state index contributed by atoms with van der Waals surface area (Å²) < 4.78 is 0. The van der Waals surface area contributed by atoms with Crippen LogP contribution in [-0.4, -0.2) is 39.9 Å². The molecule has 0 unspecified atom stereocenters. The molecule has 15 rings (SSSR count). The number of fused-ring (bicyclic) bond motifs is 13. The van der Waals surface area contributed by atoms with Crippen molar-refractivity contribution >= 4 is 32.3 Å². The average molecular weight is 1470 g/mol. The zero-order chi connectivity index (χ0) is 81.3. The molecule has 8 heteroatoms. The smallest absolute Gasteiger partial charge is 0.134 e. The number of benzene rings is 7. The molecule has 4 heterocycles. The largest absolute Gasteiger partial charge is 0.237 e. The molecule has 0 atom stereocenters. The lowest BCUT2D eigenvalue weighted by Crippen LogP contribution is -2.22. The first-order valence-electron chi connectivity index (χ1n) is 41.0. The molecule has 0 saturated carbocycles. The minimum Gasteiger partial charge on any atom is -0.237 e. The van der Waals surface area contributed by atoms with Gasteiger partial charge in [0.2, 0.25) is 0 Å². The van der Waals surface area contributed by atoms with E-state index in [1.54, 1.807) is 0 Å². The molecular formula is C102H130N8. The molecule has 0 radical (unpaired) electrons. The van der Waals surface area contributed by atoms with Gasteiger partial charge in [0.1, 0.15) is 23.3 Å². The predicted molar refractivity (Wildman–Crippen MR) is 467 cm³/mol. The quantitative estimate of drug-likeness (QED) is 0.148. The van der Waals surface area contributed by atoms with Crippen LogP contribution >= 0.6 is 0 Å². The lowest BCUT2D eigenvalue weighted by molar-refractivity contribution is 0.537. The first kappa shape index (κ1) is 81.1. The Morgan fingerprint density at radius 2 is 0.300 bits per heavy atom. The van der Waals surface area contributed by atoms with E-state index in [1.165, 1.54) is 244 Å². The minimum absolute atomic E-state index is 0.00573. The molecule has 0 amide bonds. The third-order valence-corrected chi connectivity index (χ3v) is 27.8. The lowest BCUT2D eigenvalue weighted by Gasteiger charge is -2.29. The fourth-order valence-electron chi connectivity index (χ4n) is 19.0. The molecule has 4 aromatic heterocycles. The summed E-state index contributed by atoms with van der Waals surface area (Å²) in [7, 11) is 0. The summed E-state index contributed by atoms with van der Waals surface area (Å²) in [5.74, 6) is 3.86. The number of rotatable bonds is 0. The van der Waals surface area contributed by atoms with E-state index in [2.05, 4.69) is 263 Å². The summed E-state index contributed by atoms with van der Waals surface area (Å²) >= 11 is 0. The van der Waals surface area contributed by atoms with Crippen LogP contribution in [0, 0.1) is 180 Å². The van der Waals surface area contributed by atoms with Gasteiger partial charge >= 0.3 is 0 Å². The average Bonchev–Trinajstić information content (AvgIpc) is 0.732. The minimum atomic E-state index is -0.0362. The second-order valence-electron chi connectivity index (χ2n) is 38.5. The van der Waals surface area contributed by atoms with Gasteiger partial charge in [-0.1, -0.05) is 83.1 Å². The number of hydrogen-bond acceptors (Lipinski definition) is 8. The van der Waals surface area contributed by atoms with Crippen molar-refractivity contribution in [1.82, 2.24) is 39.9 Å². The maximum absolute atomic E-state index is 5.08. The summed E-state index contributed by atoms with van der Waals surface area (Å²) in [4.78, 5) is 39.7. The highest BCUT2D eigenvalue weighted by Crippen LogP contribution is 2.47. The van der Waals surface area contributed by atoms with Crippen molar-refractivity contribution < 1.29 is 0 Å². The van der Waals surface area contributed by atoms with Gasteiger partial charge in [-0.3, -0.25) is 0 Å². The van der Waals surface area contributed by atoms with Crippen LogP contribution in [0.5, 0.6) is 0 Å².